The van der Waals surface area contributed by atoms with Gasteiger partial charge in [-0.05, 0) is 25.0 Å². The van der Waals surface area contributed by atoms with Gasteiger partial charge in [0.05, 0.1) is 0 Å². The summed E-state index contributed by atoms with van der Waals surface area (Å²) in [6, 6.07) is 5.09. The average molecular weight is 329 g/mol. The number of carbonyl (C=O) groups excluding carboxylic acids is 2. The Hall–Kier alpha value is -2.77. The molecule has 126 valence electrons. The highest BCUT2D eigenvalue weighted by atomic mass is 16.5. The van der Waals surface area contributed by atoms with Crippen LogP contribution in [0.25, 0.3) is 11.5 Å². The largest absolute Gasteiger partial charge is 0.354 e. The molecule has 8 heteroatoms. The van der Waals surface area contributed by atoms with E-state index in [1.54, 1.807) is 17.2 Å². The van der Waals surface area contributed by atoms with Gasteiger partial charge in [-0.2, -0.15) is 4.98 Å². The Kier molecular flexibility index (Phi) is 4.83. The Morgan fingerprint density at radius 3 is 3.04 bits per heavy atom. The van der Waals surface area contributed by atoms with Gasteiger partial charge in [0.15, 0.2) is 0 Å². The molecular weight excluding hydrogens is 310 g/mol. The molecule has 1 saturated heterocycles. The molecule has 0 saturated carbocycles. The van der Waals surface area contributed by atoms with Crippen molar-refractivity contribution >= 4 is 11.8 Å². The lowest BCUT2D eigenvalue weighted by Crippen LogP contribution is -2.45. The second-order valence-electron chi connectivity index (χ2n) is 5.64. The summed E-state index contributed by atoms with van der Waals surface area (Å²) < 4.78 is 5.17. The van der Waals surface area contributed by atoms with Crippen LogP contribution in [-0.4, -0.2) is 51.0 Å². The molecule has 1 N–H and O–H groups in total. The second kappa shape index (κ2) is 7.20. The van der Waals surface area contributed by atoms with Crippen molar-refractivity contribution in [3.05, 3.63) is 30.3 Å². The molecule has 2 amide bonds. The van der Waals surface area contributed by atoms with E-state index in [0.717, 1.165) is 6.42 Å². The summed E-state index contributed by atoms with van der Waals surface area (Å²) in [4.78, 5) is 33.7. The minimum Gasteiger partial charge on any atom is -0.354 e. The molecule has 2 aromatic rings. The van der Waals surface area contributed by atoms with Crippen molar-refractivity contribution in [3.63, 3.8) is 0 Å². The summed E-state index contributed by atoms with van der Waals surface area (Å²) in [5.74, 6) is 0.665. The lowest BCUT2D eigenvalue weighted by molar-refractivity contribution is -0.136. The monoisotopic (exact) mass is 329 g/mol. The molecule has 3 rings (SSSR count). The van der Waals surface area contributed by atoms with Crippen molar-refractivity contribution < 1.29 is 14.1 Å². The third-order valence-corrected chi connectivity index (χ3v) is 3.96. The molecule has 0 aliphatic carbocycles. The van der Waals surface area contributed by atoms with Crippen LogP contribution in [0.4, 0.5) is 0 Å². The third-order valence-electron chi connectivity index (χ3n) is 3.96. The number of aromatic nitrogens is 3. The molecule has 0 spiro atoms. The minimum atomic E-state index is -0.366. The molecular formula is C16H19N5O3. The fraction of sp³-hybridized carbons (Fsp3) is 0.438. The van der Waals surface area contributed by atoms with Crippen LogP contribution in [0.15, 0.2) is 28.9 Å². The van der Waals surface area contributed by atoms with Crippen molar-refractivity contribution in [2.24, 2.45) is 0 Å². The zero-order valence-electron chi connectivity index (χ0n) is 13.4. The van der Waals surface area contributed by atoms with Crippen LogP contribution in [0.2, 0.25) is 0 Å². The number of nitrogens with one attached hydrogen (secondary N) is 1. The Morgan fingerprint density at radius 1 is 1.42 bits per heavy atom. The Morgan fingerprint density at radius 2 is 2.29 bits per heavy atom. The first-order valence-corrected chi connectivity index (χ1v) is 7.94. The lowest BCUT2D eigenvalue weighted by atomic mass is 10.2. The highest BCUT2D eigenvalue weighted by Crippen LogP contribution is 2.17. The number of hydrogen-bond donors (Lipinski definition) is 1. The van der Waals surface area contributed by atoms with E-state index in [4.69, 9.17) is 4.52 Å². The molecule has 1 fully saturated rings. The summed E-state index contributed by atoms with van der Waals surface area (Å²) in [7, 11) is 0. The zero-order chi connectivity index (χ0) is 16.9. The van der Waals surface area contributed by atoms with Crippen LogP contribution < -0.4 is 5.32 Å². The van der Waals surface area contributed by atoms with Crippen LogP contribution in [0.3, 0.4) is 0 Å². The summed E-state index contributed by atoms with van der Waals surface area (Å²) in [6.45, 7) is 2.51. The molecule has 3 heterocycles. The minimum absolute atomic E-state index is 0.0652. The smallest absolute Gasteiger partial charge is 0.242 e. The van der Waals surface area contributed by atoms with Gasteiger partial charge >= 0.3 is 0 Å². The van der Waals surface area contributed by atoms with Gasteiger partial charge in [0.2, 0.25) is 23.5 Å². The van der Waals surface area contributed by atoms with Gasteiger partial charge in [0.25, 0.3) is 0 Å². The Labute approximate surface area is 139 Å². The normalized spacial score (nSPS) is 17.0. The van der Waals surface area contributed by atoms with E-state index >= 15 is 0 Å². The van der Waals surface area contributed by atoms with Crippen molar-refractivity contribution in [2.75, 3.05) is 13.1 Å². The molecule has 24 heavy (non-hydrogen) atoms. The van der Waals surface area contributed by atoms with Gasteiger partial charge in [0.1, 0.15) is 11.7 Å². The zero-order valence-corrected chi connectivity index (χ0v) is 13.4. The van der Waals surface area contributed by atoms with E-state index in [2.05, 4.69) is 20.4 Å². The van der Waals surface area contributed by atoms with Crippen molar-refractivity contribution in [1.82, 2.24) is 25.3 Å². The number of rotatable bonds is 5. The maximum absolute atomic E-state index is 12.2. The lowest BCUT2D eigenvalue weighted by Gasteiger charge is -2.22. The highest BCUT2D eigenvalue weighted by Gasteiger charge is 2.31. The predicted molar refractivity (Wildman–Crippen MR) is 84.7 cm³/mol. The maximum atomic E-state index is 12.2. The molecule has 0 unspecified atom stereocenters. The quantitative estimate of drug-likeness (QED) is 0.871. The number of hydrogen-bond acceptors (Lipinski definition) is 6. The number of carbonyl (C=O) groups is 2. The molecule has 1 atom stereocenters. The van der Waals surface area contributed by atoms with Gasteiger partial charge in [-0.15, -0.1) is 0 Å². The number of likely N-dealkylation sites (tertiary alicyclic amines) is 1. The van der Waals surface area contributed by atoms with Crippen molar-refractivity contribution in [2.45, 2.75) is 32.2 Å². The van der Waals surface area contributed by atoms with E-state index in [0.29, 0.717) is 43.3 Å². The first-order chi connectivity index (χ1) is 11.6. The molecule has 8 nitrogen and oxygen atoms in total. The molecule has 1 aliphatic heterocycles. The average Bonchev–Trinajstić information content (AvgIpc) is 3.25. The summed E-state index contributed by atoms with van der Waals surface area (Å²) >= 11 is 0. The summed E-state index contributed by atoms with van der Waals surface area (Å²) in [5, 5.41) is 6.71. The molecule has 0 radical (unpaired) electrons. The molecule has 0 bridgehead atoms. The van der Waals surface area contributed by atoms with Crippen LogP contribution in [-0.2, 0) is 16.0 Å². The molecule has 0 aromatic carbocycles. The van der Waals surface area contributed by atoms with Crippen molar-refractivity contribution in [1.29, 1.82) is 0 Å². The van der Waals surface area contributed by atoms with E-state index in [1.165, 1.54) is 6.92 Å². The third kappa shape index (κ3) is 3.58. The van der Waals surface area contributed by atoms with E-state index in [1.807, 2.05) is 12.1 Å². The fourth-order valence-corrected chi connectivity index (χ4v) is 2.78. The fourth-order valence-electron chi connectivity index (χ4n) is 2.78. The first kappa shape index (κ1) is 16.1. The van der Waals surface area contributed by atoms with Crippen LogP contribution >= 0.6 is 0 Å². The molecule has 1 aliphatic rings. The number of amides is 2. The topological polar surface area (TPSA) is 101 Å². The summed E-state index contributed by atoms with van der Waals surface area (Å²) in [5.41, 5.74) is 0.639. The Bertz CT molecular complexity index is 716. The van der Waals surface area contributed by atoms with Crippen LogP contribution in [0.5, 0.6) is 0 Å². The van der Waals surface area contributed by atoms with Gasteiger partial charge in [0, 0.05) is 32.6 Å². The van der Waals surface area contributed by atoms with Gasteiger partial charge in [-0.3, -0.25) is 14.6 Å². The SMILES string of the molecule is CC(=O)N1CCC[C@H]1C(=O)NCCc1nc(-c2ccccn2)no1. The first-order valence-electron chi connectivity index (χ1n) is 7.94. The number of nitrogens with zero attached hydrogens (tertiary/aromatic N) is 4. The van der Waals surface area contributed by atoms with E-state index in [-0.39, 0.29) is 17.9 Å². The van der Waals surface area contributed by atoms with Crippen LogP contribution in [0, 0.1) is 0 Å². The van der Waals surface area contributed by atoms with Crippen molar-refractivity contribution in [3.8, 4) is 11.5 Å². The predicted octanol–water partition coefficient (Wildman–Crippen LogP) is 0.801. The maximum Gasteiger partial charge on any atom is 0.242 e. The number of pyridine rings is 1. The highest BCUT2D eigenvalue weighted by molar-refractivity contribution is 5.87. The summed E-state index contributed by atoms with van der Waals surface area (Å²) in [6.07, 6.45) is 3.65. The van der Waals surface area contributed by atoms with Crippen LogP contribution in [0.1, 0.15) is 25.7 Å². The van der Waals surface area contributed by atoms with E-state index < -0.39 is 0 Å². The van der Waals surface area contributed by atoms with Gasteiger partial charge in [-0.1, -0.05) is 11.2 Å². The van der Waals surface area contributed by atoms with Gasteiger partial charge < -0.3 is 14.7 Å². The van der Waals surface area contributed by atoms with E-state index in [9.17, 15) is 9.59 Å². The standard InChI is InChI=1S/C16H19N5O3/c1-11(22)21-10-4-6-13(21)16(23)18-9-7-14-19-15(20-24-14)12-5-2-3-8-17-12/h2-3,5,8,13H,4,6-7,9-10H2,1H3,(H,18,23)/t13-/m0/s1. The Balaban J connectivity index is 1.51. The molecule has 2 aromatic heterocycles. The van der Waals surface area contributed by atoms with Gasteiger partial charge in [-0.25, -0.2) is 0 Å². The second-order valence-corrected chi connectivity index (χ2v) is 5.64.